The minimum Gasteiger partial charge on any atom is -0.744 e. The zero-order valence-corrected chi connectivity index (χ0v) is 48.9. The van der Waals surface area contributed by atoms with Crippen LogP contribution in [0.5, 0.6) is 0 Å². The van der Waals surface area contributed by atoms with E-state index < -0.39 is 99.5 Å². The number of aromatic amines is 2. The first-order chi connectivity index (χ1) is 31.6. The Bertz CT molecular complexity index is 3790. The number of hydrogen-bond acceptors (Lipinski definition) is 21. The average Bonchev–Trinajstić information content (AvgIpc) is 3.24. The van der Waals surface area contributed by atoms with Crippen LogP contribution in [0.3, 0.4) is 0 Å². The van der Waals surface area contributed by atoms with E-state index in [-0.39, 0.29) is 164 Å². The number of carboxylic acid groups (broad SMARTS) is 1. The molecule has 2 aromatic heterocycles. The van der Waals surface area contributed by atoms with E-state index in [1.54, 1.807) is 0 Å². The van der Waals surface area contributed by atoms with Gasteiger partial charge in [0.05, 0.1) is 60.8 Å². The van der Waals surface area contributed by atoms with Gasteiger partial charge in [0.2, 0.25) is 5.91 Å². The van der Waals surface area contributed by atoms with Crippen molar-refractivity contribution in [3.63, 3.8) is 0 Å². The molecule has 3 aromatic carbocycles. The van der Waals surface area contributed by atoms with Crippen LogP contribution in [0.15, 0.2) is 143 Å². The molecule has 1 aliphatic carbocycles. The van der Waals surface area contributed by atoms with Crippen molar-refractivity contribution in [3.8, 4) is 5.95 Å². The number of hydrazone groups is 1. The SMILES string of the molecule is CC(=O)N=C1C=C(N=c2nc(-[n+]3cccc(C(=O)[O-])c3)[nH]c(=Nc3cc(S(=O)(=O)[O-])ccc3S(=O)(=O)O)[nH]2)C=CC1=NNc1ccc(/C=C/c2ccc([N+](=O)[O-])cc2S(=O)(=O)[O-])c(S(=O)(=O)[O-])c1.[Na+].[Na+].[Na+].[Na+]. The molecule has 2 heterocycles. The number of H-pyrrole nitrogens is 2. The van der Waals surface area contributed by atoms with Gasteiger partial charge in [-0.05, 0) is 82.9 Å². The molecule has 6 rings (SSSR count). The van der Waals surface area contributed by atoms with Crippen LogP contribution in [0, 0.1) is 10.1 Å². The van der Waals surface area contributed by atoms with E-state index in [1.807, 2.05) is 0 Å². The van der Waals surface area contributed by atoms with Crippen molar-refractivity contribution in [2.45, 2.75) is 26.5 Å². The number of carbonyl (C=O) groups excluding carboxylic acids is 2. The predicted molar refractivity (Wildman–Crippen MR) is 225 cm³/mol. The molecule has 1 aliphatic rings. The molecule has 35 heteroatoms. The van der Waals surface area contributed by atoms with E-state index >= 15 is 0 Å². The Balaban J connectivity index is 0.00000444. The van der Waals surface area contributed by atoms with Gasteiger partial charge in [0.1, 0.15) is 41.0 Å². The minimum absolute atomic E-state index is 0. The summed E-state index contributed by atoms with van der Waals surface area (Å²) in [6.07, 6.45) is 8.03. The molecule has 1 amide bonds. The van der Waals surface area contributed by atoms with Crippen molar-refractivity contribution in [2.75, 3.05) is 5.43 Å². The van der Waals surface area contributed by atoms with Gasteiger partial charge in [-0.3, -0.25) is 29.9 Å². The minimum atomic E-state index is -5.27. The van der Waals surface area contributed by atoms with Crippen molar-refractivity contribution < 1.29 is 194 Å². The number of nitrogens with one attached hydrogen (secondary N) is 3. The first-order valence-corrected chi connectivity index (χ1v) is 23.8. The Hall–Kier alpha value is -4.04. The van der Waals surface area contributed by atoms with Crippen LogP contribution in [0.1, 0.15) is 28.4 Å². The summed E-state index contributed by atoms with van der Waals surface area (Å²) in [5.41, 5.74) is -1.29. The number of nitrogens with zero attached hydrogens (tertiary/aromatic N) is 7. The third-order valence-corrected chi connectivity index (χ3v) is 12.2. The summed E-state index contributed by atoms with van der Waals surface area (Å²) in [7, 11) is -20.8. The van der Waals surface area contributed by atoms with Gasteiger partial charge in [-0.15, -0.1) is 0 Å². The zero-order valence-electron chi connectivity index (χ0n) is 37.6. The summed E-state index contributed by atoms with van der Waals surface area (Å²) in [4.78, 5) is 52.0. The van der Waals surface area contributed by atoms with Crippen molar-refractivity contribution in [2.24, 2.45) is 20.1 Å². The molecule has 0 bridgehead atoms. The van der Waals surface area contributed by atoms with E-state index in [2.05, 4.69) is 40.5 Å². The monoisotopic (exact) mass is 1100 g/mol. The van der Waals surface area contributed by atoms with Gasteiger partial charge in [-0.25, -0.2) is 39.8 Å². The second kappa shape index (κ2) is 25.9. The number of pyridine rings is 1. The van der Waals surface area contributed by atoms with Crippen LogP contribution in [-0.4, -0.2) is 95.1 Å². The topological polar surface area (TPSA) is 436 Å². The maximum Gasteiger partial charge on any atom is 1.00 e. The molecule has 0 radical (unpaired) electrons. The Morgan fingerprint density at radius 2 is 1.40 bits per heavy atom. The number of carboxylic acids is 1. The van der Waals surface area contributed by atoms with E-state index in [0.717, 1.165) is 54.1 Å². The molecule has 352 valence electrons. The van der Waals surface area contributed by atoms with Crippen LogP contribution in [0.25, 0.3) is 18.1 Å². The number of benzene rings is 3. The number of allylic oxidation sites excluding steroid dienone is 3. The fourth-order valence-corrected chi connectivity index (χ4v) is 8.23. The fourth-order valence-electron chi connectivity index (χ4n) is 5.75. The number of amides is 1. The number of nitro benzene ring substituents is 1. The number of aromatic nitrogens is 4. The third-order valence-electron chi connectivity index (χ3n) is 8.66. The van der Waals surface area contributed by atoms with Crippen molar-refractivity contribution in [1.29, 1.82) is 0 Å². The summed E-state index contributed by atoms with van der Waals surface area (Å²) in [6.45, 7) is 1.08. The number of aromatic carboxylic acids is 1. The summed E-state index contributed by atoms with van der Waals surface area (Å²) in [6, 6.07) is 9.78. The number of anilines is 1. The maximum absolute atomic E-state index is 12.3. The summed E-state index contributed by atoms with van der Waals surface area (Å²) in [5.74, 6) is -2.62. The van der Waals surface area contributed by atoms with Gasteiger partial charge in [-0.1, -0.05) is 18.2 Å². The molecule has 0 atom stereocenters. The van der Waals surface area contributed by atoms with E-state index in [1.165, 1.54) is 42.6 Å². The zero-order chi connectivity index (χ0) is 49.9. The number of rotatable bonds is 13. The number of aliphatic imine (C=N–C) groups is 1. The van der Waals surface area contributed by atoms with Crippen LogP contribution < -0.4 is 145 Å². The molecular formula is C37H25N10Na4O17S4+. The van der Waals surface area contributed by atoms with Crippen LogP contribution in [0.4, 0.5) is 17.1 Å². The van der Waals surface area contributed by atoms with Crippen molar-refractivity contribution in [1.82, 2.24) is 15.0 Å². The average molecular weight is 1100 g/mol. The Labute approximate surface area is 495 Å². The molecule has 72 heavy (non-hydrogen) atoms. The molecule has 4 N–H and O–H groups in total. The molecule has 5 aromatic rings. The number of nitro groups is 1. The number of carbonyl (C=O) groups is 2. The molecular weight excluding hydrogens is 1080 g/mol. The maximum atomic E-state index is 12.3. The van der Waals surface area contributed by atoms with Crippen LogP contribution >= 0.6 is 0 Å². The first kappa shape index (κ1) is 64.1. The first-order valence-electron chi connectivity index (χ1n) is 18.1. The van der Waals surface area contributed by atoms with Crippen LogP contribution in [-0.2, 0) is 45.3 Å². The fraction of sp³-hybridized carbons (Fsp3) is 0.0270. The molecule has 27 nitrogen and oxygen atoms in total. The van der Waals surface area contributed by atoms with Gasteiger partial charge >= 0.3 is 130 Å². The third kappa shape index (κ3) is 17.0. The number of non-ortho nitro benzene ring substituents is 1. The molecule has 0 aliphatic heterocycles. The molecule has 0 unspecified atom stereocenters. The molecule has 0 fully saturated rings. The molecule has 0 spiro atoms. The van der Waals surface area contributed by atoms with Crippen LogP contribution in [0.2, 0.25) is 0 Å². The van der Waals surface area contributed by atoms with Gasteiger partial charge < -0.3 is 23.6 Å². The largest absolute Gasteiger partial charge is 1.00 e. The smallest absolute Gasteiger partial charge is 0.744 e. The second-order valence-electron chi connectivity index (χ2n) is 13.4. The van der Waals surface area contributed by atoms with E-state index in [0.29, 0.717) is 24.3 Å². The predicted octanol–water partition coefficient (Wildman–Crippen LogP) is -12.5. The molecule has 0 saturated carbocycles. The normalized spacial score (nSPS) is 14.4. The Morgan fingerprint density at radius 3 is 1.97 bits per heavy atom. The van der Waals surface area contributed by atoms with Gasteiger partial charge in [-0.2, -0.15) is 23.5 Å². The van der Waals surface area contributed by atoms with Crippen molar-refractivity contribution in [3.05, 3.63) is 141 Å². The quantitative estimate of drug-likeness (QED) is 0.0162. The molecule has 0 saturated heterocycles. The summed E-state index contributed by atoms with van der Waals surface area (Å²) >= 11 is 0. The van der Waals surface area contributed by atoms with Crippen molar-refractivity contribution >= 4 is 93.0 Å². The summed E-state index contributed by atoms with van der Waals surface area (Å²) in [5, 5.41) is 26.9. The second-order valence-corrected chi connectivity index (χ2v) is 18.9. The van der Waals surface area contributed by atoms with E-state index in [4.69, 9.17) is 0 Å². The Morgan fingerprint density at radius 1 is 0.778 bits per heavy atom. The van der Waals surface area contributed by atoms with Gasteiger partial charge in [0, 0.05) is 24.6 Å². The Kier molecular flexibility index (Phi) is 23.1. The standard InChI is InChI=1S/C37H28N10O17S4.4Na/c1-20(48)38-29-15-24(9-12-28(29)45-44-25-8-6-21(32(16-25)67(59,60)61)4-5-22-7-10-26(47(51)52)17-33(22)68(62,63)64)39-35-41-36(43-37(42-35)46-14-2-3-23(19-46)34(49)50)40-30-18-27(65(53,54)55)11-13-31(30)66(56,57)58;;;;/h2-19H,1H3,(H7-,38,39,40,41,42,43,44,48,49,50,53,54,55,56,57,58,59,60,61,62,63,64);;;;/q;4*+1/p-3/b5-4+;;;;. The van der Waals surface area contributed by atoms with E-state index in [9.17, 15) is 76.7 Å². The van der Waals surface area contributed by atoms with Gasteiger partial charge in [0.15, 0.2) is 0 Å². The van der Waals surface area contributed by atoms with Gasteiger partial charge in [0.25, 0.3) is 21.4 Å². The number of hydrogen-bond donors (Lipinski definition) is 4. The summed E-state index contributed by atoms with van der Waals surface area (Å²) < 4.78 is 143.